The van der Waals surface area contributed by atoms with E-state index in [0.29, 0.717) is 0 Å². The average Bonchev–Trinajstić information content (AvgIpc) is 3.13. The Morgan fingerprint density at radius 3 is 2.52 bits per heavy atom. The maximum atomic E-state index is 11.5. The monoisotopic (exact) mass is 651 g/mol. The van der Waals surface area contributed by atoms with E-state index in [1.165, 1.54) is 23.1 Å². The van der Waals surface area contributed by atoms with Crippen LogP contribution in [0.25, 0.3) is 16.3 Å². The Bertz CT molecular complexity index is 1190. The molecule has 29 heavy (non-hydrogen) atoms. The number of hydrogen-bond donors (Lipinski definition) is 2. The van der Waals surface area contributed by atoms with E-state index in [4.69, 9.17) is 0 Å². The summed E-state index contributed by atoms with van der Waals surface area (Å²) in [7, 11) is 0. The number of fused-ring (bicyclic) bond motifs is 2. The first-order valence-electron chi connectivity index (χ1n) is 8.34. The second-order valence-corrected chi connectivity index (χ2v) is 10.8. The Labute approximate surface area is 201 Å². The van der Waals surface area contributed by atoms with E-state index < -0.39 is 11.9 Å². The van der Waals surface area contributed by atoms with Crippen molar-refractivity contribution in [3.05, 3.63) is 53.6 Å². The Morgan fingerprint density at radius 2 is 1.79 bits per heavy atom. The van der Waals surface area contributed by atoms with Crippen molar-refractivity contribution in [1.82, 2.24) is 0 Å². The summed E-state index contributed by atoms with van der Waals surface area (Å²) in [5, 5.41) is 20.4. The summed E-state index contributed by atoms with van der Waals surface area (Å²) >= 11 is 7.41. The van der Waals surface area contributed by atoms with Gasteiger partial charge in [-0.15, -0.1) is 0 Å². The zero-order chi connectivity index (χ0) is 20.7. The van der Waals surface area contributed by atoms with Crippen molar-refractivity contribution in [2.75, 3.05) is 11.4 Å². The first kappa shape index (κ1) is 20.9. The van der Waals surface area contributed by atoms with Crippen LogP contribution in [0.2, 0.25) is 0 Å². The molecule has 0 aliphatic carbocycles. The molecule has 0 unspecified atom stereocenters. The zero-order valence-electron chi connectivity index (χ0n) is 14.6. The Kier molecular flexibility index (Phi) is 6.04. The molecule has 0 fully saturated rings. The van der Waals surface area contributed by atoms with Crippen LogP contribution < -0.4 is 9.47 Å². The highest BCUT2D eigenvalue weighted by molar-refractivity contribution is 14.1. The van der Waals surface area contributed by atoms with Gasteiger partial charge in [-0.1, -0.05) is 23.1 Å². The number of aliphatic carboxylic acids is 2. The molecule has 4 rings (SSSR count). The number of halogens is 2. The quantitative estimate of drug-likeness (QED) is 0.313. The van der Waals surface area contributed by atoms with Crippen LogP contribution in [0.5, 0.6) is 0 Å². The lowest BCUT2D eigenvalue weighted by Crippen LogP contribution is -2.39. The molecule has 10 heteroatoms. The highest BCUT2D eigenvalue weighted by Gasteiger charge is 2.30. The van der Waals surface area contributed by atoms with Gasteiger partial charge in [-0.3, -0.25) is 4.79 Å². The molecular formula is C19H13I2N2O4S2+. The Morgan fingerprint density at radius 1 is 1.07 bits per heavy atom. The first-order valence-corrected chi connectivity index (χ1v) is 12.1. The number of benzene rings is 2. The molecule has 2 N–H and O–H groups in total. The highest BCUT2D eigenvalue weighted by atomic mass is 127. The number of aromatic nitrogens is 1. The number of thioether (sulfide) groups is 1. The molecule has 148 valence electrons. The van der Waals surface area contributed by atoms with Crippen molar-refractivity contribution in [2.24, 2.45) is 0 Å². The second-order valence-electron chi connectivity index (χ2n) is 6.21. The topological polar surface area (TPSA) is 81.7 Å². The van der Waals surface area contributed by atoms with Crippen molar-refractivity contribution in [1.29, 1.82) is 0 Å². The molecule has 6 nitrogen and oxygen atoms in total. The molecule has 0 amide bonds. The number of carboxylic acids is 2. The van der Waals surface area contributed by atoms with Crippen LogP contribution in [0.3, 0.4) is 0 Å². The third kappa shape index (κ3) is 4.39. The van der Waals surface area contributed by atoms with Gasteiger partial charge in [0.05, 0.1) is 16.8 Å². The second kappa shape index (κ2) is 8.40. The number of anilines is 1. The van der Waals surface area contributed by atoms with E-state index in [9.17, 15) is 19.8 Å². The maximum absolute atomic E-state index is 11.5. The smallest absolute Gasteiger partial charge is 0.370 e. The number of carboxylic acid groups (broad SMARTS) is 2. The normalized spacial score (nSPS) is 14.6. The molecule has 0 saturated heterocycles. The van der Waals surface area contributed by atoms with Gasteiger partial charge in [0.1, 0.15) is 11.2 Å². The molecule has 2 aromatic carbocycles. The minimum absolute atomic E-state index is 0.159. The Balaban J connectivity index is 1.85. The van der Waals surface area contributed by atoms with Crippen LogP contribution in [0.1, 0.15) is 5.01 Å². The molecule has 3 aromatic rings. The van der Waals surface area contributed by atoms with Crippen LogP contribution in [0.4, 0.5) is 5.69 Å². The molecule has 0 spiro atoms. The number of hydrogen-bond acceptors (Lipinski definition) is 5. The van der Waals surface area contributed by atoms with Crippen molar-refractivity contribution in [3.63, 3.8) is 0 Å². The molecule has 1 aliphatic rings. The zero-order valence-corrected chi connectivity index (χ0v) is 20.6. The van der Waals surface area contributed by atoms with Gasteiger partial charge in [0.25, 0.3) is 5.01 Å². The number of rotatable bonds is 5. The maximum Gasteiger partial charge on any atom is 0.370 e. The minimum Gasteiger partial charge on any atom is -0.480 e. The van der Waals surface area contributed by atoms with Gasteiger partial charge in [0.2, 0.25) is 12.1 Å². The summed E-state index contributed by atoms with van der Waals surface area (Å²) < 4.78 is 4.80. The summed E-state index contributed by atoms with van der Waals surface area (Å²) in [4.78, 5) is 25.7. The molecule has 0 bridgehead atoms. The molecule has 1 aliphatic heterocycles. The van der Waals surface area contributed by atoms with Gasteiger partial charge in [0.15, 0.2) is 0 Å². The van der Waals surface area contributed by atoms with Crippen LogP contribution in [0.15, 0.2) is 46.3 Å². The summed E-state index contributed by atoms with van der Waals surface area (Å²) in [6, 6.07) is 11.9. The molecule has 0 saturated carbocycles. The molecule has 0 radical (unpaired) electrons. The van der Waals surface area contributed by atoms with Crippen molar-refractivity contribution in [3.8, 4) is 0 Å². The van der Waals surface area contributed by atoms with Crippen molar-refractivity contribution in [2.45, 2.75) is 11.4 Å². The van der Waals surface area contributed by atoms with Crippen LogP contribution >= 0.6 is 68.3 Å². The SMILES string of the molecule is O=C(O)CN1C(=Cc2sc3ccc(I)cc3[n+]2CC(=O)O)Sc2ccc(I)cc21. The van der Waals surface area contributed by atoms with Crippen LogP contribution in [0, 0.1) is 7.14 Å². The minimum atomic E-state index is -0.924. The van der Waals surface area contributed by atoms with E-state index in [1.54, 1.807) is 9.47 Å². The van der Waals surface area contributed by atoms with Gasteiger partial charge in [0, 0.05) is 18.1 Å². The standard InChI is InChI=1S/C19H12I2N2O4S2/c20-10-1-3-14-12(5-10)22(8-18(24)25)16(28-14)7-17-23(9-19(26)27)13-6-11(21)2-4-15(13)29-17/h1-7H,8-9H2,(H-,24,25,26,27)/p+1. The van der Waals surface area contributed by atoms with Gasteiger partial charge in [-0.05, 0) is 75.5 Å². The van der Waals surface area contributed by atoms with Crippen LogP contribution in [-0.2, 0) is 16.1 Å². The summed E-state index contributed by atoms with van der Waals surface area (Å²) in [6.45, 7) is -0.318. The lowest BCUT2D eigenvalue weighted by molar-refractivity contribution is -0.657. The van der Waals surface area contributed by atoms with Gasteiger partial charge >= 0.3 is 11.9 Å². The first-order chi connectivity index (χ1) is 13.8. The number of nitrogens with zero attached hydrogens (tertiary/aromatic N) is 2. The largest absolute Gasteiger partial charge is 0.480 e. The fraction of sp³-hybridized carbons (Fsp3) is 0.105. The third-order valence-electron chi connectivity index (χ3n) is 4.22. The molecule has 2 heterocycles. The van der Waals surface area contributed by atoms with Crippen LogP contribution in [-0.4, -0.2) is 28.7 Å². The third-order valence-corrected chi connectivity index (χ3v) is 7.79. The number of thiazole rings is 1. The summed E-state index contributed by atoms with van der Waals surface area (Å²) in [6.07, 6.45) is 1.89. The predicted molar refractivity (Wildman–Crippen MR) is 130 cm³/mol. The predicted octanol–water partition coefficient (Wildman–Crippen LogP) is 4.48. The van der Waals surface area contributed by atoms with E-state index in [2.05, 4.69) is 45.2 Å². The lowest BCUT2D eigenvalue weighted by Gasteiger charge is -2.17. The molecule has 1 aromatic heterocycles. The van der Waals surface area contributed by atoms with E-state index >= 15 is 0 Å². The van der Waals surface area contributed by atoms with Gasteiger partial charge in [-0.25, -0.2) is 4.79 Å². The summed E-state index contributed by atoms with van der Waals surface area (Å²) in [5.74, 6) is -1.85. The average molecular weight is 651 g/mol. The highest BCUT2D eigenvalue weighted by Crippen LogP contribution is 2.47. The van der Waals surface area contributed by atoms with E-state index in [-0.39, 0.29) is 13.1 Å². The van der Waals surface area contributed by atoms with Gasteiger partial charge in [-0.2, -0.15) is 4.57 Å². The Hall–Kier alpha value is -1.38. The lowest BCUT2D eigenvalue weighted by atomic mass is 10.3. The van der Waals surface area contributed by atoms with Crippen molar-refractivity contribution < 1.29 is 24.4 Å². The molecule has 0 atom stereocenters. The fourth-order valence-corrected chi connectivity index (χ4v) is 6.25. The van der Waals surface area contributed by atoms with E-state index in [1.807, 2.05) is 42.5 Å². The van der Waals surface area contributed by atoms with Crippen molar-refractivity contribution >= 4 is 102 Å². The number of carbonyl (C=O) groups is 2. The van der Waals surface area contributed by atoms with E-state index in [0.717, 1.165) is 38.0 Å². The fourth-order valence-electron chi connectivity index (χ4n) is 3.07. The summed E-state index contributed by atoms with van der Waals surface area (Å²) in [5.41, 5.74) is 1.71. The molecular weight excluding hydrogens is 638 g/mol. The van der Waals surface area contributed by atoms with Gasteiger partial charge < -0.3 is 15.1 Å².